The van der Waals surface area contributed by atoms with Crippen LogP contribution in [0.15, 0.2) is 30.6 Å². The zero-order chi connectivity index (χ0) is 21.8. The molecular formula is C17H13ClF4N6O2. The monoisotopic (exact) mass is 444 g/mol. The Bertz CT molecular complexity index is 1020. The average molecular weight is 445 g/mol. The molecule has 0 saturated carbocycles. The Labute approximate surface area is 171 Å². The second-order valence-electron chi connectivity index (χ2n) is 5.82. The summed E-state index contributed by atoms with van der Waals surface area (Å²) in [5.74, 6) is -2.51. The van der Waals surface area contributed by atoms with Gasteiger partial charge >= 0.3 is 12.0 Å². The normalized spacial score (nSPS) is 10.9. The summed E-state index contributed by atoms with van der Waals surface area (Å²) in [5, 5.41) is 7.71. The van der Waals surface area contributed by atoms with Crippen molar-refractivity contribution in [1.29, 1.82) is 0 Å². The van der Waals surface area contributed by atoms with Gasteiger partial charge in [0.25, 0.3) is 6.43 Å². The number of hydrogen-bond donors (Lipinski definition) is 2. The van der Waals surface area contributed by atoms with Crippen LogP contribution in [0, 0.1) is 11.6 Å². The van der Waals surface area contributed by atoms with Crippen molar-refractivity contribution >= 4 is 29.0 Å². The standard InChI is InChI=1S/C17H13ClF4N6O2/c1-30-16-23-5-10(6-24-16)28(7-9-4-13(15(21)22)27-26-9)17(29)25-8-2-11(18)14(20)12(19)3-8/h2-6,15H,7H2,1H3,(H,25,29)(H,26,27). The Morgan fingerprint density at radius 1 is 1.27 bits per heavy atom. The van der Waals surface area contributed by atoms with Crippen LogP contribution in [0.3, 0.4) is 0 Å². The largest absolute Gasteiger partial charge is 0.467 e. The van der Waals surface area contributed by atoms with Crippen LogP contribution < -0.4 is 15.0 Å². The molecule has 3 aromatic rings. The Morgan fingerprint density at radius 3 is 2.53 bits per heavy atom. The summed E-state index contributed by atoms with van der Waals surface area (Å²) < 4.78 is 57.4. The van der Waals surface area contributed by atoms with Gasteiger partial charge in [-0.25, -0.2) is 32.3 Å². The van der Waals surface area contributed by atoms with E-state index in [0.717, 1.165) is 23.1 Å². The van der Waals surface area contributed by atoms with Crippen molar-refractivity contribution in [2.45, 2.75) is 13.0 Å². The molecule has 158 valence electrons. The number of H-pyrrole nitrogens is 1. The van der Waals surface area contributed by atoms with Gasteiger partial charge in [-0.1, -0.05) is 11.6 Å². The van der Waals surface area contributed by atoms with Crippen LogP contribution >= 0.6 is 11.6 Å². The van der Waals surface area contributed by atoms with E-state index in [0.29, 0.717) is 0 Å². The highest BCUT2D eigenvalue weighted by atomic mass is 35.5. The van der Waals surface area contributed by atoms with E-state index in [9.17, 15) is 22.4 Å². The van der Waals surface area contributed by atoms with Crippen molar-refractivity contribution in [3.8, 4) is 6.01 Å². The average Bonchev–Trinajstić information content (AvgIpc) is 3.19. The number of ether oxygens (including phenoxy) is 1. The molecule has 2 N–H and O–H groups in total. The van der Waals surface area contributed by atoms with Crippen LogP contribution in [-0.2, 0) is 6.54 Å². The molecule has 0 radical (unpaired) electrons. The number of alkyl halides is 2. The zero-order valence-electron chi connectivity index (χ0n) is 15.2. The molecule has 0 bridgehead atoms. The minimum Gasteiger partial charge on any atom is -0.467 e. The van der Waals surface area contributed by atoms with Crippen molar-refractivity contribution in [3.05, 3.63) is 58.6 Å². The molecule has 2 heterocycles. The zero-order valence-corrected chi connectivity index (χ0v) is 15.9. The summed E-state index contributed by atoms with van der Waals surface area (Å²) in [6.45, 7) is -0.237. The minimum absolute atomic E-state index is 0.0352. The number of halogens is 5. The Balaban J connectivity index is 1.89. The smallest absolute Gasteiger partial charge is 0.326 e. The van der Waals surface area contributed by atoms with Gasteiger partial charge in [-0.15, -0.1) is 0 Å². The van der Waals surface area contributed by atoms with E-state index in [1.54, 1.807) is 0 Å². The summed E-state index contributed by atoms with van der Waals surface area (Å²) in [6.07, 6.45) is -0.284. The third-order valence-electron chi connectivity index (χ3n) is 3.79. The van der Waals surface area contributed by atoms with Crippen molar-refractivity contribution in [2.24, 2.45) is 0 Å². The topological polar surface area (TPSA) is 96.0 Å². The maximum Gasteiger partial charge on any atom is 0.326 e. The van der Waals surface area contributed by atoms with Gasteiger partial charge in [0, 0.05) is 11.8 Å². The number of nitrogens with zero attached hydrogens (tertiary/aromatic N) is 4. The molecule has 30 heavy (non-hydrogen) atoms. The molecule has 0 fully saturated rings. The fourth-order valence-corrected chi connectivity index (χ4v) is 2.60. The number of aromatic nitrogens is 4. The number of carbonyl (C=O) groups is 1. The Hall–Kier alpha value is -3.41. The maximum absolute atomic E-state index is 13.6. The van der Waals surface area contributed by atoms with Gasteiger partial charge in [0.2, 0.25) is 0 Å². The van der Waals surface area contributed by atoms with E-state index < -0.39 is 34.8 Å². The molecule has 0 spiro atoms. The van der Waals surface area contributed by atoms with E-state index in [4.69, 9.17) is 16.3 Å². The van der Waals surface area contributed by atoms with Gasteiger partial charge in [0.15, 0.2) is 11.6 Å². The van der Waals surface area contributed by atoms with Crippen LogP contribution in [0.5, 0.6) is 6.01 Å². The molecule has 0 aliphatic rings. The third-order valence-corrected chi connectivity index (χ3v) is 4.07. The lowest BCUT2D eigenvalue weighted by atomic mass is 10.3. The van der Waals surface area contributed by atoms with Gasteiger partial charge in [-0.2, -0.15) is 5.10 Å². The number of hydrogen-bond acceptors (Lipinski definition) is 5. The first kappa shape index (κ1) is 21.3. The second-order valence-corrected chi connectivity index (χ2v) is 6.22. The summed E-state index contributed by atoms with van der Waals surface area (Å²) in [6, 6.07) is 2.06. The highest BCUT2D eigenvalue weighted by molar-refractivity contribution is 6.31. The van der Waals surface area contributed by atoms with Crippen LogP contribution in [0.4, 0.5) is 33.7 Å². The van der Waals surface area contributed by atoms with Crippen LogP contribution in [0.25, 0.3) is 0 Å². The van der Waals surface area contributed by atoms with Gasteiger partial charge in [0.1, 0.15) is 5.69 Å². The van der Waals surface area contributed by atoms with Crippen molar-refractivity contribution in [1.82, 2.24) is 20.2 Å². The fourth-order valence-electron chi connectivity index (χ4n) is 2.40. The number of aromatic amines is 1. The summed E-state index contributed by atoms with van der Waals surface area (Å²) >= 11 is 5.60. The summed E-state index contributed by atoms with van der Waals surface area (Å²) in [4.78, 5) is 21.7. The van der Waals surface area contributed by atoms with Crippen molar-refractivity contribution in [3.63, 3.8) is 0 Å². The molecule has 2 amide bonds. The first-order valence-corrected chi connectivity index (χ1v) is 8.57. The predicted molar refractivity (Wildman–Crippen MR) is 98.7 cm³/mol. The SMILES string of the molecule is COc1ncc(N(Cc2cc(C(F)F)n[nH]2)C(=O)Nc2cc(F)c(F)c(Cl)c2)cn1. The van der Waals surface area contributed by atoms with E-state index in [2.05, 4.69) is 25.5 Å². The highest BCUT2D eigenvalue weighted by Gasteiger charge is 2.21. The second kappa shape index (κ2) is 8.95. The first-order chi connectivity index (χ1) is 14.3. The number of urea groups is 1. The molecule has 0 aliphatic carbocycles. The molecular weight excluding hydrogens is 432 g/mol. The molecule has 0 atom stereocenters. The molecule has 2 aromatic heterocycles. The van der Waals surface area contributed by atoms with Crippen LogP contribution in [-0.4, -0.2) is 33.3 Å². The highest BCUT2D eigenvalue weighted by Crippen LogP contribution is 2.25. The molecule has 1 aromatic carbocycles. The van der Waals surface area contributed by atoms with Gasteiger partial charge in [-0.05, 0) is 12.1 Å². The van der Waals surface area contributed by atoms with Crippen LogP contribution in [0.1, 0.15) is 17.8 Å². The number of carbonyl (C=O) groups excluding carboxylic acids is 1. The minimum atomic E-state index is -2.80. The molecule has 0 unspecified atom stereocenters. The fraction of sp³-hybridized carbons (Fsp3) is 0.176. The number of methoxy groups -OCH3 is 1. The van der Waals surface area contributed by atoms with Crippen molar-refractivity contribution in [2.75, 3.05) is 17.3 Å². The van der Waals surface area contributed by atoms with Crippen LogP contribution in [0.2, 0.25) is 5.02 Å². The predicted octanol–water partition coefficient (Wildman–Crippen LogP) is 4.32. The lowest BCUT2D eigenvalue weighted by Gasteiger charge is -2.22. The van der Waals surface area contributed by atoms with E-state index >= 15 is 0 Å². The van der Waals surface area contributed by atoms with Gasteiger partial charge in [0.05, 0.1) is 42.5 Å². The Kier molecular flexibility index (Phi) is 6.35. The molecule has 8 nitrogen and oxygen atoms in total. The maximum atomic E-state index is 13.6. The lowest BCUT2D eigenvalue weighted by molar-refractivity contribution is 0.146. The summed E-state index contributed by atoms with van der Waals surface area (Å²) in [5.41, 5.74) is -0.278. The van der Waals surface area contributed by atoms with E-state index in [-0.39, 0.29) is 29.6 Å². The molecule has 0 saturated heterocycles. The lowest BCUT2D eigenvalue weighted by Crippen LogP contribution is -2.35. The van der Waals surface area contributed by atoms with Gasteiger partial charge < -0.3 is 10.1 Å². The molecule has 0 aliphatic heterocycles. The third kappa shape index (κ3) is 4.76. The number of amides is 2. The number of rotatable bonds is 6. The van der Waals surface area contributed by atoms with E-state index in [1.165, 1.54) is 19.5 Å². The summed E-state index contributed by atoms with van der Waals surface area (Å²) in [7, 11) is 1.35. The quantitative estimate of drug-likeness (QED) is 0.436. The molecule has 13 heteroatoms. The van der Waals surface area contributed by atoms with Crippen molar-refractivity contribution < 1.29 is 27.1 Å². The van der Waals surface area contributed by atoms with Gasteiger partial charge in [-0.3, -0.25) is 10.00 Å². The Morgan fingerprint density at radius 2 is 1.97 bits per heavy atom. The number of benzene rings is 1. The number of anilines is 2. The van der Waals surface area contributed by atoms with E-state index in [1.807, 2.05) is 0 Å². The first-order valence-electron chi connectivity index (χ1n) is 8.20. The molecule has 3 rings (SSSR count). The number of nitrogens with one attached hydrogen (secondary N) is 2.